The number of rotatable bonds is 6. The van der Waals surface area contributed by atoms with Crippen molar-refractivity contribution in [1.29, 1.82) is 0 Å². The fraction of sp³-hybridized carbons (Fsp3) is 0.400. The summed E-state index contributed by atoms with van der Waals surface area (Å²) >= 11 is 0. The summed E-state index contributed by atoms with van der Waals surface area (Å²) in [4.78, 5) is 2.53. The molecule has 0 amide bonds. The Bertz CT molecular complexity index is 582. The molecule has 3 nitrogen and oxygen atoms in total. The predicted octanol–water partition coefficient (Wildman–Crippen LogP) is 3.45. The molecule has 0 aromatic heterocycles. The Morgan fingerprint density at radius 2 is 1.83 bits per heavy atom. The van der Waals surface area contributed by atoms with Crippen LogP contribution >= 0.6 is 0 Å². The van der Waals surface area contributed by atoms with Crippen LogP contribution in [0.2, 0.25) is 0 Å². The van der Waals surface area contributed by atoms with Gasteiger partial charge in [0.15, 0.2) is 0 Å². The Hall–Kier alpha value is -1.84. The lowest BCUT2D eigenvalue weighted by atomic mass is 10.1. The van der Waals surface area contributed by atoms with E-state index in [4.69, 9.17) is 4.74 Å². The summed E-state index contributed by atoms with van der Waals surface area (Å²) < 4.78 is 5.85. The van der Waals surface area contributed by atoms with E-state index < -0.39 is 0 Å². The van der Waals surface area contributed by atoms with Gasteiger partial charge in [0.2, 0.25) is 0 Å². The summed E-state index contributed by atoms with van der Waals surface area (Å²) in [6, 6.07) is 19.4. The van der Waals surface area contributed by atoms with Gasteiger partial charge in [-0.15, -0.1) is 0 Å². The average molecular weight is 310 g/mol. The van der Waals surface area contributed by atoms with Crippen molar-refractivity contribution in [2.24, 2.45) is 0 Å². The SMILES string of the molecule is CNC1CCCN(Cc2ccc(OCc3ccccc3)cc2)C1. The van der Waals surface area contributed by atoms with Gasteiger partial charge in [0, 0.05) is 19.1 Å². The highest BCUT2D eigenvalue weighted by Crippen LogP contribution is 2.17. The Kier molecular flexibility index (Phi) is 5.67. The number of nitrogens with one attached hydrogen (secondary N) is 1. The average Bonchev–Trinajstić information content (AvgIpc) is 2.62. The van der Waals surface area contributed by atoms with Crippen molar-refractivity contribution < 1.29 is 4.74 Å². The van der Waals surface area contributed by atoms with Crippen molar-refractivity contribution in [3.8, 4) is 5.75 Å². The van der Waals surface area contributed by atoms with Crippen molar-refractivity contribution >= 4 is 0 Å². The summed E-state index contributed by atoms with van der Waals surface area (Å²) in [7, 11) is 2.06. The van der Waals surface area contributed by atoms with Crippen LogP contribution < -0.4 is 10.1 Å². The highest BCUT2D eigenvalue weighted by Gasteiger charge is 2.18. The molecule has 3 heteroatoms. The molecular formula is C20H26N2O. The zero-order valence-electron chi connectivity index (χ0n) is 13.9. The first kappa shape index (κ1) is 16.0. The molecule has 23 heavy (non-hydrogen) atoms. The lowest BCUT2D eigenvalue weighted by molar-refractivity contribution is 0.188. The Morgan fingerprint density at radius 1 is 1.04 bits per heavy atom. The minimum atomic E-state index is 0.621. The molecule has 1 aliphatic heterocycles. The first-order valence-corrected chi connectivity index (χ1v) is 8.49. The number of likely N-dealkylation sites (tertiary alicyclic amines) is 1. The molecule has 1 heterocycles. The Labute approximate surface area is 139 Å². The number of likely N-dealkylation sites (N-methyl/N-ethyl adjacent to an activating group) is 1. The van der Waals surface area contributed by atoms with Crippen LogP contribution in [-0.2, 0) is 13.2 Å². The van der Waals surface area contributed by atoms with E-state index in [0.29, 0.717) is 12.6 Å². The van der Waals surface area contributed by atoms with E-state index in [1.165, 1.54) is 30.5 Å². The van der Waals surface area contributed by atoms with E-state index in [9.17, 15) is 0 Å². The van der Waals surface area contributed by atoms with Crippen molar-refractivity contribution in [3.63, 3.8) is 0 Å². The van der Waals surface area contributed by atoms with Gasteiger partial charge >= 0.3 is 0 Å². The van der Waals surface area contributed by atoms with E-state index in [-0.39, 0.29) is 0 Å². The molecule has 0 radical (unpaired) electrons. The summed E-state index contributed by atoms with van der Waals surface area (Å²) in [5.41, 5.74) is 2.55. The van der Waals surface area contributed by atoms with Gasteiger partial charge in [0.1, 0.15) is 12.4 Å². The minimum absolute atomic E-state index is 0.621. The summed E-state index contributed by atoms with van der Waals surface area (Å²) in [5.74, 6) is 0.935. The molecule has 0 bridgehead atoms. The fourth-order valence-corrected chi connectivity index (χ4v) is 3.12. The van der Waals surface area contributed by atoms with E-state index >= 15 is 0 Å². The third kappa shape index (κ3) is 4.81. The van der Waals surface area contributed by atoms with Crippen LogP contribution in [-0.4, -0.2) is 31.1 Å². The number of hydrogen-bond acceptors (Lipinski definition) is 3. The third-order valence-corrected chi connectivity index (χ3v) is 4.49. The number of benzene rings is 2. The number of piperidine rings is 1. The second-order valence-electron chi connectivity index (χ2n) is 6.28. The maximum Gasteiger partial charge on any atom is 0.119 e. The Morgan fingerprint density at radius 3 is 2.57 bits per heavy atom. The molecular weight excluding hydrogens is 284 g/mol. The second kappa shape index (κ2) is 8.14. The van der Waals surface area contributed by atoms with E-state index in [1.54, 1.807) is 0 Å². The lowest BCUT2D eigenvalue weighted by Crippen LogP contribution is -2.43. The van der Waals surface area contributed by atoms with Crippen LogP contribution in [0.25, 0.3) is 0 Å². The zero-order chi connectivity index (χ0) is 15.9. The number of ether oxygens (including phenoxy) is 1. The van der Waals surface area contributed by atoms with Crippen LogP contribution in [0.15, 0.2) is 54.6 Å². The van der Waals surface area contributed by atoms with Gasteiger partial charge in [-0.25, -0.2) is 0 Å². The monoisotopic (exact) mass is 310 g/mol. The van der Waals surface area contributed by atoms with Gasteiger partial charge < -0.3 is 10.1 Å². The summed E-state index contributed by atoms with van der Waals surface area (Å²) in [5, 5.41) is 3.40. The van der Waals surface area contributed by atoms with Crippen molar-refractivity contribution in [2.75, 3.05) is 20.1 Å². The molecule has 2 aromatic rings. The summed E-state index contributed by atoms with van der Waals surface area (Å²) in [6.45, 7) is 3.99. The van der Waals surface area contributed by atoms with Gasteiger partial charge in [-0.05, 0) is 49.7 Å². The van der Waals surface area contributed by atoms with Crippen molar-refractivity contribution in [3.05, 3.63) is 65.7 Å². The van der Waals surface area contributed by atoms with Gasteiger partial charge in [-0.2, -0.15) is 0 Å². The second-order valence-corrected chi connectivity index (χ2v) is 6.28. The van der Waals surface area contributed by atoms with Crippen LogP contribution in [0.1, 0.15) is 24.0 Å². The minimum Gasteiger partial charge on any atom is -0.489 e. The molecule has 1 unspecified atom stereocenters. The molecule has 3 rings (SSSR count). The molecule has 0 spiro atoms. The normalized spacial score (nSPS) is 18.7. The van der Waals surface area contributed by atoms with E-state index in [2.05, 4.69) is 53.7 Å². The zero-order valence-corrected chi connectivity index (χ0v) is 13.9. The van der Waals surface area contributed by atoms with Gasteiger partial charge in [0.25, 0.3) is 0 Å². The van der Waals surface area contributed by atoms with Gasteiger partial charge in [0.05, 0.1) is 0 Å². The quantitative estimate of drug-likeness (QED) is 0.884. The molecule has 1 fully saturated rings. The van der Waals surface area contributed by atoms with E-state index in [0.717, 1.165) is 18.8 Å². The first-order chi connectivity index (χ1) is 11.3. The smallest absolute Gasteiger partial charge is 0.119 e. The third-order valence-electron chi connectivity index (χ3n) is 4.49. The first-order valence-electron chi connectivity index (χ1n) is 8.49. The highest BCUT2D eigenvalue weighted by molar-refractivity contribution is 5.27. The van der Waals surface area contributed by atoms with Crippen molar-refractivity contribution in [2.45, 2.75) is 32.0 Å². The fourth-order valence-electron chi connectivity index (χ4n) is 3.12. The van der Waals surface area contributed by atoms with Gasteiger partial charge in [-0.3, -0.25) is 4.90 Å². The number of hydrogen-bond donors (Lipinski definition) is 1. The molecule has 1 saturated heterocycles. The molecule has 1 aliphatic rings. The number of nitrogens with zero attached hydrogens (tertiary/aromatic N) is 1. The highest BCUT2D eigenvalue weighted by atomic mass is 16.5. The lowest BCUT2D eigenvalue weighted by Gasteiger charge is -2.32. The molecule has 1 N–H and O–H groups in total. The van der Waals surface area contributed by atoms with Crippen LogP contribution in [0, 0.1) is 0 Å². The maximum absolute atomic E-state index is 5.85. The van der Waals surface area contributed by atoms with Gasteiger partial charge in [-0.1, -0.05) is 42.5 Å². The van der Waals surface area contributed by atoms with E-state index in [1.807, 2.05) is 18.2 Å². The largest absolute Gasteiger partial charge is 0.489 e. The van der Waals surface area contributed by atoms with Crippen LogP contribution in [0.5, 0.6) is 5.75 Å². The molecule has 0 aliphatic carbocycles. The van der Waals surface area contributed by atoms with Crippen LogP contribution in [0.3, 0.4) is 0 Å². The summed E-state index contributed by atoms with van der Waals surface area (Å²) in [6.07, 6.45) is 2.57. The topological polar surface area (TPSA) is 24.5 Å². The Balaban J connectivity index is 1.51. The van der Waals surface area contributed by atoms with Crippen LogP contribution in [0.4, 0.5) is 0 Å². The van der Waals surface area contributed by atoms with Crippen molar-refractivity contribution in [1.82, 2.24) is 10.2 Å². The predicted molar refractivity (Wildman–Crippen MR) is 94.6 cm³/mol. The maximum atomic E-state index is 5.85. The molecule has 2 aromatic carbocycles. The molecule has 0 saturated carbocycles. The molecule has 122 valence electrons. The molecule has 1 atom stereocenters. The standard InChI is InChI=1S/C20H26N2O/c1-21-19-8-5-13-22(15-19)14-17-9-11-20(12-10-17)23-16-18-6-3-2-4-7-18/h2-4,6-7,9-12,19,21H,5,8,13-16H2,1H3.